The van der Waals surface area contributed by atoms with E-state index in [1.54, 1.807) is 0 Å². The van der Waals surface area contributed by atoms with Gasteiger partial charge in [-0.3, -0.25) is 0 Å². The summed E-state index contributed by atoms with van der Waals surface area (Å²) in [6.45, 7) is 1.25. The monoisotopic (exact) mass is 157 g/mol. The molecular formula is C7H11NO3. The fourth-order valence-corrected chi connectivity index (χ4v) is 2.10. The molecule has 2 N–H and O–H groups in total. The SMILES string of the molecule is O=C(O)N1CC2(CC(O)C2)C1. The van der Waals surface area contributed by atoms with Gasteiger partial charge in [0.25, 0.3) is 0 Å². The van der Waals surface area contributed by atoms with Crippen LogP contribution in [0.2, 0.25) is 0 Å². The van der Waals surface area contributed by atoms with Gasteiger partial charge in [0.2, 0.25) is 0 Å². The van der Waals surface area contributed by atoms with E-state index in [1.807, 2.05) is 0 Å². The van der Waals surface area contributed by atoms with Gasteiger partial charge in [0.15, 0.2) is 0 Å². The van der Waals surface area contributed by atoms with E-state index in [1.165, 1.54) is 4.90 Å². The Morgan fingerprint density at radius 1 is 1.45 bits per heavy atom. The van der Waals surface area contributed by atoms with Crippen molar-refractivity contribution in [3.8, 4) is 0 Å². The zero-order chi connectivity index (χ0) is 8.06. The van der Waals surface area contributed by atoms with Crippen molar-refractivity contribution in [1.29, 1.82) is 0 Å². The molecule has 0 atom stereocenters. The Balaban J connectivity index is 1.84. The van der Waals surface area contributed by atoms with Crippen LogP contribution in [0, 0.1) is 5.41 Å². The maximum Gasteiger partial charge on any atom is 0.407 e. The first-order chi connectivity index (χ1) is 5.11. The van der Waals surface area contributed by atoms with Gasteiger partial charge in [-0.2, -0.15) is 0 Å². The van der Waals surface area contributed by atoms with Gasteiger partial charge in [-0.05, 0) is 12.8 Å². The number of aliphatic hydroxyl groups excluding tert-OH is 1. The Bertz CT molecular complexity index is 190. The van der Waals surface area contributed by atoms with Crippen molar-refractivity contribution in [1.82, 2.24) is 4.90 Å². The highest BCUT2D eigenvalue weighted by Crippen LogP contribution is 2.48. The predicted octanol–water partition coefficient (Wildman–Crippen LogP) is 0.121. The summed E-state index contributed by atoms with van der Waals surface area (Å²) in [6, 6.07) is 0. The van der Waals surface area contributed by atoms with E-state index in [2.05, 4.69) is 0 Å². The summed E-state index contributed by atoms with van der Waals surface area (Å²) >= 11 is 0. The molecule has 0 aromatic rings. The average Bonchev–Trinajstić information content (AvgIpc) is 1.73. The minimum atomic E-state index is -0.836. The van der Waals surface area contributed by atoms with Crippen molar-refractivity contribution >= 4 is 6.09 Å². The Kier molecular flexibility index (Phi) is 1.18. The molecule has 0 bridgehead atoms. The fraction of sp³-hybridized carbons (Fsp3) is 0.857. The van der Waals surface area contributed by atoms with Crippen LogP contribution in [0.3, 0.4) is 0 Å². The lowest BCUT2D eigenvalue weighted by Gasteiger charge is -2.56. The summed E-state index contributed by atoms with van der Waals surface area (Å²) in [6.07, 6.45) is 0.566. The molecule has 1 spiro atoms. The highest BCUT2D eigenvalue weighted by molar-refractivity contribution is 5.66. The van der Waals surface area contributed by atoms with E-state index < -0.39 is 6.09 Å². The number of carboxylic acid groups (broad SMARTS) is 1. The number of carbonyl (C=O) groups is 1. The van der Waals surface area contributed by atoms with E-state index in [-0.39, 0.29) is 11.5 Å². The molecule has 4 heteroatoms. The van der Waals surface area contributed by atoms with E-state index in [9.17, 15) is 4.79 Å². The zero-order valence-corrected chi connectivity index (χ0v) is 6.16. The van der Waals surface area contributed by atoms with Gasteiger partial charge in [-0.15, -0.1) is 0 Å². The molecule has 0 aromatic heterocycles. The van der Waals surface area contributed by atoms with Crippen LogP contribution in [0.5, 0.6) is 0 Å². The zero-order valence-electron chi connectivity index (χ0n) is 6.16. The quantitative estimate of drug-likeness (QED) is 0.525. The molecule has 1 saturated carbocycles. The van der Waals surface area contributed by atoms with E-state index in [0.29, 0.717) is 13.1 Å². The lowest BCUT2D eigenvalue weighted by molar-refractivity contribution is -0.116. The summed E-state index contributed by atoms with van der Waals surface area (Å²) in [5, 5.41) is 17.5. The third kappa shape index (κ3) is 0.894. The number of hydrogen-bond donors (Lipinski definition) is 2. The first kappa shape index (κ1) is 6.91. The van der Waals surface area contributed by atoms with Crippen LogP contribution in [0.15, 0.2) is 0 Å². The van der Waals surface area contributed by atoms with Crippen LogP contribution in [-0.2, 0) is 0 Å². The molecule has 2 fully saturated rings. The second kappa shape index (κ2) is 1.88. The average molecular weight is 157 g/mol. The highest BCUT2D eigenvalue weighted by Gasteiger charge is 2.53. The minimum absolute atomic E-state index is 0.164. The van der Waals surface area contributed by atoms with Crippen molar-refractivity contribution in [2.45, 2.75) is 18.9 Å². The summed E-state index contributed by atoms with van der Waals surface area (Å²) < 4.78 is 0. The first-order valence-electron chi connectivity index (χ1n) is 3.77. The molecule has 11 heavy (non-hydrogen) atoms. The van der Waals surface area contributed by atoms with E-state index >= 15 is 0 Å². The maximum absolute atomic E-state index is 10.4. The van der Waals surface area contributed by atoms with Crippen molar-refractivity contribution in [3.63, 3.8) is 0 Å². The standard InChI is InChI=1S/C7H11NO3/c9-5-1-7(2-5)3-8(4-7)6(10)11/h5,9H,1-4H2,(H,10,11). The third-order valence-corrected chi connectivity index (χ3v) is 2.66. The van der Waals surface area contributed by atoms with Gasteiger partial charge in [0, 0.05) is 18.5 Å². The van der Waals surface area contributed by atoms with Gasteiger partial charge in [-0.25, -0.2) is 4.79 Å². The summed E-state index contributed by atoms with van der Waals surface area (Å²) in [5.74, 6) is 0. The lowest BCUT2D eigenvalue weighted by Crippen LogP contribution is -2.64. The van der Waals surface area contributed by atoms with Crippen LogP contribution >= 0.6 is 0 Å². The van der Waals surface area contributed by atoms with Crippen LogP contribution in [0.1, 0.15) is 12.8 Å². The Morgan fingerprint density at radius 3 is 2.36 bits per heavy atom. The number of rotatable bonds is 0. The Morgan fingerprint density at radius 2 is 2.00 bits per heavy atom. The van der Waals surface area contributed by atoms with Crippen LogP contribution < -0.4 is 0 Å². The minimum Gasteiger partial charge on any atom is -0.465 e. The largest absolute Gasteiger partial charge is 0.465 e. The Labute approximate surface area is 64.4 Å². The molecular weight excluding hydrogens is 146 g/mol. The van der Waals surface area contributed by atoms with Gasteiger partial charge in [-0.1, -0.05) is 0 Å². The van der Waals surface area contributed by atoms with Crippen molar-refractivity contribution in [2.75, 3.05) is 13.1 Å². The highest BCUT2D eigenvalue weighted by atomic mass is 16.4. The molecule has 4 nitrogen and oxygen atoms in total. The van der Waals surface area contributed by atoms with Crippen LogP contribution in [0.4, 0.5) is 4.79 Å². The molecule has 1 amide bonds. The molecule has 1 heterocycles. The number of hydrogen-bond acceptors (Lipinski definition) is 2. The third-order valence-electron chi connectivity index (χ3n) is 2.66. The van der Waals surface area contributed by atoms with Crippen LogP contribution in [0.25, 0.3) is 0 Å². The fourth-order valence-electron chi connectivity index (χ4n) is 2.10. The summed E-state index contributed by atoms with van der Waals surface area (Å²) in [5.41, 5.74) is 0.164. The van der Waals surface area contributed by atoms with Crippen LogP contribution in [-0.4, -0.2) is 40.4 Å². The first-order valence-corrected chi connectivity index (χ1v) is 3.77. The molecule has 0 unspecified atom stereocenters. The summed E-state index contributed by atoms with van der Waals surface area (Å²) in [4.78, 5) is 11.7. The molecule has 1 aliphatic heterocycles. The van der Waals surface area contributed by atoms with Crippen molar-refractivity contribution < 1.29 is 15.0 Å². The van der Waals surface area contributed by atoms with Crippen molar-refractivity contribution in [3.05, 3.63) is 0 Å². The smallest absolute Gasteiger partial charge is 0.407 e. The number of amides is 1. The van der Waals surface area contributed by atoms with Gasteiger partial charge in [0.1, 0.15) is 0 Å². The predicted molar refractivity (Wildman–Crippen MR) is 37.3 cm³/mol. The second-order valence-electron chi connectivity index (χ2n) is 3.70. The summed E-state index contributed by atoms with van der Waals surface area (Å²) in [7, 11) is 0. The molecule has 1 aliphatic carbocycles. The molecule has 0 radical (unpaired) electrons. The van der Waals surface area contributed by atoms with Gasteiger partial charge >= 0.3 is 6.09 Å². The Hall–Kier alpha value is -0.770. The van der Waals surface area contributed by atoms with Gasteiger partial charge < -0.3 is 15.1 Å². The number of nitrogens with zero attached hydrogens (tertiary/aromatic N) is 1. The second-order valence-corrected chi connectivity index (χ2v) is 3.70. The molecule has 2 aliphatic rings. The normalized spacial score (nSPS) is 27.9. The van der Waals surface area contributed by atoms with E-state index in [4.69, 9.17) is 10.2 Å². The molecule has 62 valence electrons. The van der Waals surface area contributed by atoms with Gasteiger partial charge in [0.05, 0.1) is 6.10 Å². The van der Waals surface area contributed by atoms with E-state index in [0.717, 1.165) is 12.8 Å². The number of likely N-dealkylation sites (tertiary alicyclic amines) is 1. The van der Waals surface area contributed by atoms with Crippen molar-refractivity contribution in [2.24, 2.45) is 5.41 Å². The number of aliphatic hydroxyl groups is 1. The molecule has 1 saturated heterocycles. The maximum atomic E-state index is 10.4. The molecule has 2 rings (SSSR count). The topological polar surface area (TPSA) is 60.8 Å². The molecule has 0 aromatic carbocycles. The lowest BCUT2D eigenvalue weighted by atomic mass is 9.62.